The molecule has 2 fully saturated rings. The summed E-state index contributed by atoms with van der Waals surface area (Å²) < 4.78 is 13.2. The van der Waals surface area contributed by atoms with Crippen molar-refractivity contribution in [1.29, 1.82) is 0 Å². The number of hydrogen-bond donors (Lipinski definition) is 1. The molecule has 0 unspecified atom stereocenters. The normalized spacial score (nSPS) is 23.7. The van der Waals surface area contributed by atoms with Crippen molar-refractivity contribution >= 4 is 16.8 Å². The average molecular weight is 749 g/mol. The second-order valence-corrected chi connectivity index (χ2v) is 14.0. The summed E-state index contributed by atoms with van der Waals surface area (Å²) in [6.45, 7) is 11.1. The summed E-state index contributed by atoms with van der Waals surface area (Å²) >= 11 is 0. The number of aromatic nitrogens is 1. The number of aryl methyl sites for hydroxylation is 1. The van der Waals surface area contributed by atoms with Gasteiger partial charge in [0.2, 0.25) is 5.88 Å². The largest absolute Gasteiger partial charge is 0.514 e. The second-order valence-electron chi connectivity index (χ2n) is 14.0. The van der Waals surface area contributed by atoms with Crippen LogP contribution in [0.15, 0.2) is 41.4 Å². The molecule has 3 aromatic rings. The minimum Gasteiger partial charge on any atom is -0.514 e. The van der Waals surface area contributed by atoms with E-state index in [1.54, 1.807) is 6.07 Å². The van der Waals surface area contributed by atoms with E-state index in [2.05, 4.69) is 50.9 Å². The van der Waals surface area contributed by atoms with Crippen molar-refractivity contribution in [3.63, 3.8) is 0 Å². The quantitative estimate of drug-likeness (QED) is 0.264. The molecule has 2 aliphatic carbocycles. The molecule has 2 atom stereocenters. The molecule has 2 saturated carbocycles. The van der Waals surface area contributed by atoms with Crippen LogP contribution < -0.4 is 4.74 Å². The summed E-state index contributed by atoms with van der Waals surface area (Å²) in [6.07, 6.45) is 12.5. The van der Waals surface area contributed by atoms with Gasteiger partial charge in [0.25, 0.3) is 0 Å². The number of nitrogens with zero attached hydrogens (tertiary/aromatic N) is 2. The van der Waals surface area contributed by atoms with Crippen molar-refractivity contribution in [2.75, 3.05) is 0 Å². The monoisotopic (exact) mass is 748 g/mol. The fraction of sp³-hybridized carbons (Fsp3) is 0.556. The second kappa shape index (κ2) is 12.3. The molecule has 0 radical (unpaired) electrons. The molecule has 6 heteroatoms. The number of rotatable bonds is 5. The van der Waals surface area contributed by atoms with Gasteiger partial charge in [-0.1, -0.05) is 77.0 Å². The molecule has 3 aliphatic rings. The zero-order valence-electron chi connectivity index (χ0n) is 25.7. The van der Waals surface area contributed by atoms with Crippen molar-refractivity contribution in [3.05, 3.63) is 59.2 Å². The van der Waals surface area contributed by atoms with E-state index in [0.29, 0.717) is 34.9 Å². The number of benzene rings is 2. The maximum Gasteiger partial charge on any atom is 0.217 e. The van der Waals surface area contributed by atoms with Gasteiger partial charge in [-0.3, -0.25) is 4.99 Å². The summed E-state index contributed by atoms with van der Waals surface area (Å²) in [7, 11) is 0. The molecule has 1 N–H and O–H groups in total. The van der Waals surface area contributed by atoms with Crippen LogP contribution in [0.1, 0.15) is 115 Å². The van der Waals surface area contributed by atoms with E-state index in [1.807, 2.05) is 25.1 Å². The van der Waals surface area contributed by atoms with Crippen LogP contribution in [0.2, 0.25) is 0 Å². The molecule has 6 rings (SSSR count). The third-order valence-electron chi connectivity index (χ3n) is 9.60. The molecule has 42 heavy (non-hydrogen) atoms. The molecule has 0 spiro atoms. The molecular formula is C36H45N2O3Pt-. The Morgan fingerprint density at radius 3 is 2.33 bits per heavy atom. The van der Waals surface area contributed by atoms with Crippen LogP contribution in [0.4, 0.5) is 0 Å². The number of hydrogen-bond acceptors (Lipinski definition) is 5. The first-order chi connectivity index (χ1) is 19.6. The standard InChI is InChI=1S/C36H45N2O3.Pt/c1-23-18-25-16-17-31(37-32(25)30(39)19-23)40-29-21-26(24-12-8-6-9-13-24)20-27(22-29)33-38-36(5,28-14-10-7-11-15-28)34(41-33)35(2,3)4;/h16-21,24,28,34,39H,6-15H2,1-5H3;/q-1;/t34-,36-;/m0./s1. The van der Waals surface area contributed by atoms with Crippen LogP contribution in [-0.4, -0.2) is 27.6 Å². The van der Waals surface area contributed by atoms with Crippen LogP contribution in [0.25, 0.3) is 10.9 Å². The number of pyridine rings is 1. The summed E-state index contributed by atoms with van der Waals surface area (Å²) in [5.74, 6) is 2.92. The van der Waals surface area contributed by atoms with Gasteiger partial charge in [-0.2, -0.15) is 0 Å². The van der Waals surface area contributed by atoms with Crippen LogP contribution in [-0.2, 0) is 25.8 Å². The van der Waals surface area contributed by atoms with Crippen molar-refractivity contribution in [3.8, 4) is 17.4 Å². The molecule has 228 valence electrons. The fourth-order valence-electron chi connectivity index (χ4n) is 7.62. The van der Waals surface area contributed by atoms with Crippen LogP contribution in [0.3, 0.4) is 0 Å². The molecule has 5 nitrogen and oxygen atoms in total. The van der Waals surface area contributed by atoms with E-state index in [0.717, 1.165) is 16.5 Å². The van der Waals surface area contributed by atoms with Gasteiger partial charge in [-0.05, 0) is 75.1 Å². The summed E-state index contributed by atoms with van der Waals surface area (Å²) in [4.78, 5) is 10.1. The van der Waals surface area contributed by atoms with Crippen molar-refractivity contribution < 1.29 is 35.6 Å². The molecule has 2 aromatic carbocycles. The first-order valence-electron chi connectivity index (χ1n) is 15.7. The Morgan fingerprint density at radius 1 is 0.952 bits per heavy atom. The van der Waals surface area contributed by atoms with Crippen LogP contribution in [0, 0.1) is 24.3 Å². The smallest absolute Gasteiger partial charge is 0.217 e. The number of phenols is 1. The van der Waals surface area contributed by atoms with Gasteiger partial charge in [0.05, 0.1) is 5.54 Å². The number of fused-ring (bicyclic) bond motifs is 1. The molecule has 1 aromatic heterocycles. The third kappa shape index (κ3) is 6.28. The SMILES string of the molecule is Cc1cc(O)c2nc(Oc3[c-]c(C4=N[C@@](C)(C5CCCCC5)[C@H](C(C)(C)C)O4)cc(C4CCCCC4)c3)ccc2c1.[Pt]. The Hall–Kier alpha value is -2.39. The molecule has 0 saturated heterocycles. The Kier molecular flexibility index (Phi) is 9.10. The topological polar surface area (TPSA) is 63.9 Å². The zero-order valence-corrected chi connectivity index (χ0v) is 28.0. The Bertz CT molecular complexity index is 1450. The van der Waals surface area contributed by atoms with Crippen molar-refractivity contribution in [1.82, 2.24) is 4.98 Å². The van der Waals surface area contributed by atoms with Gasteiger partial charge in [-0.15, -0.1) is 11.6 Å². The number of phenolic OH excluding ortho intramolecular Hbond substituents is 1. The van der Waals surface area contributed by atoms with E-state index in [1.165, 1.54) is 69.8 Å². The summed E-state index contributed by atoms with van der Waals surface area (Å²) in [5.41, 5.74) is 3.35. The molecule has 1 aliphatic heterocycles. The van der Waals surface area contributed by atoms with E-state index in [9.17, 15) is 5.11 Å². The zero-order chi connectivity index (χ0) is 28.8. The number of aliphatic imine (C=N–C) groups is 1. The first-order valence-corrected chi connectivity index (χ1v) is 15.7. The minimum atomic E-state index is -0.265. The first kappa shape index (κ1) is 31.0. The summed E-state index contributed by atoms with van der Waals surface area (Å²) in [5, 5.41) is 11.4. The number of ether oxygens (including phenoxy) is 2. The van der Waals surface area contributed by atoms with E-state index >= 15 is 0 Å². The van der Waals surface area contributed by atoms with Crippen LogP contribution in [0.5, 0.6) is 17.4 Å². The fourth-order valence-corrected chi connectivity index (χ4v) is 7.62. The van der Waals surface area contributed by atoms with Gasteiger partial charge < -0.3 is 14.6 Å². The summed E-state index contributed by atoms with van der Waals surface area (Å²) in [6, 6.07) is 15.4. The van der Waals surface area contributed by atoms with Crippen molar-refractivity contribution in [2.24, 2.45) is 16.3 Å². The molecule has 0 bridgehead atoms. The van der Waals surface area contributed by atoms with E-state index < -0.39 is 0 Å². The van der Waals surface area contributed by atoms with Gasteiger partial charge in [0.1, 0.15) is 23.3 Å². The van der Waals surface area contributed by atoms with Gasteiger partial charge >= 0.3 is 0 Å². The van der Waals surface area contributed by atoms with E-state index in [-0.39, 0.29) is 43.9 Å². The van der Waals surface area contributed by atoms with Gasteiger partial charge in [0, 0.05) is 43.7 Å². The van der Waals surface area contributed by atoms with Gasteiger partial charge in [0.15, 0.2) is 0 Å². The predicted molar refractivity (Wildman–Crippen MR) is 165 cm³/mol. The van der Waals surface area contributed by atoms with Crippen LogP contribution >= 0.6 is 0 Å². The molecular weight excluding hydrogens is 703 g/mol. The predicted octanol–water partition coefficient (Wildman–Crippen LogP) is 9.42. The minimum absolute atomic E-state index is 0. The maximum absolute atomic E-state index is 10.5. The Balaban J connectivity index is 0.00000353. The van der Waals surface area contributed by atoms with E-state index in [4.69, 9.17) is 14.5 Å². The molecule has 2 heterocycles. The number of aromatic hydroxyl groups is 1. The Morgan fingerprint density at radius 2 is 1.64 bits per heavy atom. The maximum atomic E-state index is 10.5. The van der Waals surface area contributed by atoms with Crippen molar-refractivity contribution in [2.45, 2.75) is 116 Å². The average Bonchev–Trinajstić information content (AvgIpc) is 3.34. The van der Waals surface area contributed by atoms with Gasteiger partial charge in [-0.25, -0.2) is 4.98 Å². The Labute approximate surface area is 265 Å². The third-order valence-corrected chi connectivity index (χ3v) is 9.60. The molecule has 0 amide bonds.